The summed E-state index contributed by atoms with van der Waals surface area (Å²) in [6.45, 7) is 2.77. The minimum absolute atomic E-state index is 0.0694. The van der Waals surface area contributed by atoms with Gasteiger partial charge in [0.25, 0.3) is 0 Å². The van der Waals surface area contributed by atoms with E-state index in [0.717, 1.165) is 17.9 Å². The van der Waals surface area contributed by atoms with Gasteiger partial charge in [0.05, 0.1) is 18.3 Å². The van der Waals surface area contributed by atoms with Gasteiger partial charge >= 0.3 is 0 Å². The maximum atomic E-state index is 10.4. The van der Waals surface area contributed by atoms with Gasteiger partial charge in [0, 0.05) is 18.0 Å². The number of allylic oxidation sites excluding steroid dienone is 2. The predicted octanol–water partition coefficient (Wildman–Crippen LogP) is 4.33. The summed E-state index contributed by atoms with van der Waals surface area (Å²) < 4.78 is 0. The SMILES string of the molecule is CCC1CCCCC1CN=O.O=CC1=CNC(c2ccccn2)C=C1. The first kappa shape index (κ1) is 19.0. The molecule has 2 heterocycles. The van der Waals surface area contributed by atoms with Gasteiger partial charge in [-0.15, -0.1) is 0 Å². The van der Waals surface area contributed by atoms with E-state index in [1.807, 2.05) is 24.3 Å². The average molecular weight is 341 g/mol. The van der Waals surface area contributed by atoms with Gasteiger partial charge in [-0.05, 0) is 30.4 Å². The van der Waals surface area contributed by atoms with Crippen molar-refractivity contribution in [2.45, 2.75) is 45.1 Å². The van der Waals surface area contributed by atoms with Crippen molar-refractivity contribution in [1.29, 1.82) is 0 Å². The van der Waals surface area contributed by atoms with Gasteiger partial charge in [-0.25, -0.2) is 0 Å². The smallest absolute Gasteiger partial charge is 0.151 e. The van der Waals surface area contributed by atoms with Crippen molar-refractivity contribution >= 4 is 6.29 Å². The lowest BCUT2D eigenvalue weighted by Gasteiger charge is -2.28. The molecule has 3 rings (SSSR count). The van der Waals surface area contributed by atoms with Crippen LogP contribution in [0.4, 0.5) is 0 Å². The molecule has 0 radical (unpaired) electrons. The van der Waals surface area contributed by atoms with Gasteiger partial charge in [-0.3, -0.25) is 9.78 Å². The van der Waals surface area contributed by atoms with E-state index in [4.69, 9.17) is 0 Å². The molecule has 25 heavy (non-hydrogen) atoms. The zero-order valence-corrected chi connectivity index (χ0v) is 14.8. The highest BCUT2D eigenvalue weighted by Gasteiger charge is 2.23. The molecule has 1 N–H and O–H groups in total. The predicted molar refractivity (Wildman–Crippen MR) is 99.8 cm³/mol. The minimum Gasteiger partial charge on any atom is -0.379 e. The molecule has 0 amide bonds. The van der Waals surface area contributed by atoms with Crippen LogP contribution < -0.4 is 5.32 Å². The molecule has 1 fully saturated rings. The standard InChI is InChI=1S/C11H10N2O.C9H17NO/c14-8-9-4-5-11(13-7-9)10-3-1-2-6-12-10;1-2-8-5-3-4-6-9(8)7-10-11/h1-8,11,13H;8-9H,2-7H2,1H3. The van der Waals surface area contributed by atoms with E-state index in [1.54, 1.807) is 18.5 Å². The summed E-state index contributed by atoms with van der Waals surface area (Å²) >= 11 is 0. The van der Waals surface area contributed by atoms with E-state index in [1.165, 1.54) is 32.1 Å². The highest BCUT2D eigenvalue weighted by Crippen LogP contribution is 2.32. The Bertz CT molecular complexity index is 598. The Balaban J connectivity index is 0.000000186. The Morgan fingerprint density at radius 1 is 1.28 bits per heavy atom. The number of nitrogens with one attached hydrogen (secondary N) is 1. The van der Waals surface area contributed by atoms with Crippen LogP contribution in [0.3, 0.4) is 0 Å². The van der Waals surface area contributed by atoms with Crippen LogP contribution in [0.5, 0.6) is 0 Å². The summed E-state index contributed by atoms with van der Waals surface area (Å²) in [6, 6.07) is 5.83. The van der Waals surface area contributed by atoms with Crippen molar-refractivity contribution in [3.05, 3.63) is 58.9 Å². The zero-order chi connectivity index (χ0) is 17.9. The molecule has 1 aromatic heterocycles. The Morgan fingerprint density at radius 3 is 2.64 bits per heavy atom. The number of hydrogen-bond acceptors (Lipinski definition) is 5. The van der Waals surface area contributed by atoms with Crippen molar-refractivity contribution in [2.75, 3.05) is 6.54 Å². The van der Waals surface area contributed by atoms with E-state index in [9.17, 15) is 9.70 Å². The maximum absolute atomic E-state index is 10.4. The molecule has 1 aromatic rings. The van der Waals surface area contributed by atoms with Crippen molar-refractivity contribution in [3.8, 4) is 0 Å². The van der Waals surface area contributed by atoms with Gasteiger partial charge in [0.1, 0.15) is 0 Å². The lowest BCUT2D eigenvalue weighted by Crippen LogP contribution is -2.21. The molecule has 0 aromatic carbocycles. The maximum Gasteiger partial charge on any atom is 0.151 e. The summed E-state index contributed by atoms with van der Waals surface area (Å²) in [6.07, 6.45) is 14.4. The van der Waals surface area contributed by atoms with Gasteiger partial charge in [-0.2, -0.15) is 4.91 Å². The third-order valence-corrected chi connectivity index (χ3v) is 4.95. The third-order valence-electron chi connectivity index (χ3n) is 4.95. The number of aromatic nitrogens is 1. The first-order chi connectivity index (χ1) is 12.3. The normalized spacial score (nSPS) is 25.0. The fourth-order valence-electron chi connectivity index (χ4n) is 3.47. The molecule has 134 valence electrons. The first-order valence-electron chi connectivity index (χ1n) is 9.08. The fraction of sp³-hybridized carbons (Fsp3) is 0.500. The Kier molecular flexibility index (Phi) is 8.02. The molecule has 3 unspecified atom stereocenters. The van der Waals surface area contributed by atoms with Crippen LogP contribution in [-0.2, 0) is 4.79 Å². The molecule has 0 spiro atoms. The van der Waals surface area contributed by atoms with Crippen molar-refractivity contribution in [3.63, 3.8) is 0 Å². The number of aldehydes is 1. The fourth-order valence-corrected chi connectivity index (χ4v) is 3.47. The lowest BCUT2D eigenvalue weighted by molar-refractivity contribution is -0.104. The van der Waals surface area contributed by atoms with E-state index >= 15 is 0 Å². The molecule has 1 saturated carbocycles. The summed E-state index contributed by atoms with van der Waals surface area (Å²) in [7, 11) is 0. The Hall–Kier alpha value is -2.30. The van der Waals surface area contributed by atoms with Crippen LogP contribution in [0, 0.1) is 16.7 Å². The van der Waals surface area contributed by atoms with Crippen molar-refractivity contribution in [2.24, 2.45) is 17.0 Å². The number of carbonyl (C=O) groups excluding carboxylic acids is 1. The topological polar surface area (TPSA) is 71.4 Å². The van der Waals surface area contributed by atoms with E-state index in [-0.39, 0.29) is 6.04 Å². The quantitative estimate of drug-likeness (QED) is 0.639. The van der Waals surface area contributed by atoms with Crippen molar-refractivity contribution in [1.82, 2.24) is 10.3 Å². The van der Waals surface area contributed by atoms with E-state index in [0.29, 0.717) is 18.0 Å². The molecule has 1 aliphatic carbocycles. The van der Waals surface area contributed by atoms with Crippen molar-refractivity contribution < 1.29 is 4.79 Å². The molecular weight excluding hydrogens is 314 g/mol. The number of rotatable bonds is 5. The largest absolute Gasteiger partial charge is 0.379 e. The summed E-state index contributed by atoms with van der Waals surface area (Å²) in [5, 5.41) is 6.10. The monoisotopic (exact) mass is 341 g/mol. The van der Waals surface area contributed by atoms with Crippen LogP contribution in [0.2, 0.25) is 0 Å². The molecule has 2 aliphatic rings. The lowest BCUT2D eigenvalue weighted by atomic mass is 9.78. The van der Waals surface area contributed by atoms with Gasteiger partial charge in [0.2, 0.25) is 0 Å². The number of carbonyl (C=O) groups is 1. The Morgan fingerprint density at radius 2 is 2.08 bits per heavy atom. The third kappa shape index (κ3) is 5.93. The summed E-state index contributed by atoms with van der Waals surface area (Å²) in [5.41, 5.74) is 1.60. The molecule has 0 saturated heterocycles. The zero-order valence-electron chi connectivity index (χ0n) is 14.8. The van der Waals surface area contributed by atoms with Gasteiger partial charge in [0.15, 0.2) is 6.29 Å². The van der Waals surface area contributed by atoms with Gasteiger partial charge < -0.3 is 5.32 Å². The van der Waals surface area contributed by atoms with Crippen LogP contribution in [0.25, 0.3) is 0 Å². The number of hydrogen-bond donors (Lipinski definition) is 1. The highest BCUT2D eigenvalue weighted by atomic mass is 16.3. The molecule has 5 heteroatoms. The highest BCUT2D eigenvalue weighted by molar-refractivity contribution is 5.77. The number of nitrogens with zero attached hydrogens (tertiary/aromatic N) is 2. The molecule has 0 bridgehead atoms. The number of nitroso groups, excluding NO2 is 1. The van der Waals surface area contributed by atoms with Crippen LogP contribution in [0.15, 0.2) is 53.5 Å². The van der Waals surface area contributed by atoms with Crippen LogP contribution in [-0.4, -0.2) is 17.8 Å². The summed E-state index contributed by atoms with van der Waals surface area (Å²) in [4.78, 5) is 24.7. The first-order valence-corrected chi connectivity index (χ1v) is 9.08. The van der Waals surface area contributed by atoms with Gasteiger partial charge in [-0.1, -0.05) is 56.0 Å². The second kappa shape index (κ2) is 10.5. The summed E-state index contributed by atoms with van der Waals surface area (Å²) in [5.74, 6) is 1.38. The van der Waals surface area contributed by atoms with E-state index < -0.39 is 0 Å². The number of dihydropyridines is 1. The number of pyridine rings is 1. The molecule has 1 aliphatic heterocycles. The van der Waals surface area contributed by atoms with Crippen LogP contribution >= 0.6 is 0 Å². The van der Waals surface area contributed by atoms with E-state index in [2.05, 4.69) is 22.4 Å². The molecular formula is C20H27N3O2. The average Bonchev–Trinajstić information content (AvgIpc) is 2.70. The molecule has 5 nitrogen and oxygen atoms in total. The second-order valence-electron chi connectivity index (χ2n) is 6.54. The minimum atomic E-state index is 0.0694. The Labute approximate surface area is 149 Å². The second-order valence-corrected chi connectivity index (χ2v) is 6.54. The molecule has 3 atom stereocenters. The van der Waals surface area contributed by atoms with Crippen LogP contribution in [0.1, 0.15) is 50.8 Å².